The summed E-state index contributed by atoms with van der Waals surface area (Å²) >= 11 is 5.72. The summed E-state index contributed by atoms with van der Waals surface area (Å²) in [6, 6.07) is 5.10. The van der Waals surface area contributed by atoms with Crippen molar-refractivity contribution in [1.29, 1.82) is 0 Å². The van der Waals surface area contributed by atoms with Crippen LogP contribution in [-0.2, 0) is 4.79 Å². The Bertz CT molecular complexity index is 865. The van der Waals surface area contributed by atoms with Crippen LogP contribution in [0.25, 0.3) is 0 Å². The van der Waals surface area contributed by atoms with E-state index in [0.29, 0.717) is 22.9 Å². The number of nitrogens with two attached hydrogens (primary N) is 1. The Morgan fingerprint density at radius 2 is 2.24 bits per heavy atom. The van der Waals surface area contributed by atoms with Gasteiger partial charge in [0.2, 0.25) is 0 Å². The average Bonchev–Trinajstić information content (AvgIpc) is 2.81. The molecule has 0 amide bonds. The van der Waals surface area contributed by atoms with Crippen molar-refractivity contribution < 1.29 is 15.0 Å². The lowest BCUT2D eigenvalue weighted by Crippen LogP contribution is -2.38. The molecule has 2 atom stereocenters. The highest BCUT2D eigenvalue weighted by molar-refractivity contribution is 14.1. The van der Waals surface area contributed by atoms with Gasteiger partial charge in [0, 0.05) is 27.4 Å². The minimum absolute atomic E-state index is 0.0603. The number of allylic oxidation sites excluding steroid dienone is 4. The number of hydrogen-bond donors (Lipinski definition) is 4. The maximum atomic E-state index is 11.2. The number of nitrogens with one attached hydrogen (secondary N) is 1. The predicted octanol–water partition coefficient (Wildman–Crippen LogP) is 3.32. The molecule has 0 fully saturated rings. The maximum absolute atomic E-state index is 11.2. The topological polar surface area (TPSA) is 120 Å². The van der Waals surface area contributed by atoms with Gasteiger partial charge in [-0.3, -0.25) is 9.79 Å². The van der Waals surface area contributed by atoms with E-state index in [2.05, 4.69) is 43.8 Å². The number of carbonyl (C=O) groups is 1. The molecule has 9 heteroatoms. The highest BCUT2D eigenvalue weighted by atomic mass is 127. The van der Waals surface area contributed by atoms with Gasteiger partial charge in [-0.05, 0) is 37.6 Å². The van der Waals surface area contributed by atoms with Crippen LogP contribution in [0.3, 0.4) is 0 Å². The molecule has 0 bridgehead atoms. The van der Waals surface area contributed by atoms with Gasteiger partial charge in [-0.15, -0.1) is 0 Å². The van der Waals surface area contributed by atoms with E-state index in [0.717, 1.165) is 14.5 Å². The summed E-state index contributed by atoms with van der Waals surface area (Å²) in [5.74, 6) is -0.393. The SMILES string of the molecule is CC(O)CNC1=Nc2ccc(Br)cc2C(/C(N)=C/C=C\CI)=N[C@H]1CCC(=O)O. The number of amidine groups is 1. The number of aliphatic carboxylic acids is 1. The smallest absolute Gasteiger partial charge is 0.303 e. The van der Waals surface area contributed by atoms with E-state index in [1.165, 1.54) is 0 Å². The zero-order valence-corrected chi connectivity index (χ0v) is 19.7. The summed E-state index contributed by atoms with van der Waals surface area (Å²) in [4.78, 5) is 20.7. The van der Waals surface area contributed by atoms with Gasteiger partial charge in [-0.1, -0.05) is 50.7 Å². The minimum atomic E-state index is -0.908. The van der Waals surface area contributed by atoms with Crippen LogP contribution in [0.5, 0.6) is 0 Å². The van der Waals surface area contributed by atoms with E-state index < -0.39 is 18.1 Å². The molecule has 156 valence electrons. The number of fused-ring (bicyclic) bond motifs is 1. The Hall–Kier alpha value is -1.72. The zero-order valence-electron chi connectivity index (χ0n) is 16.0. The van der Waals surface area contributed by atoms with Gasteiger partial charge in [0.15, 0.2) is 0 Å². The summed E-state index contributed by atoms with van der Waals surface area (Å²) in [5.41, 5.74) is 8.80. The zero-order chi connectivity index (χ0) is 21.4. The molecule has 29 heavy (non-hydrogen) atoms. The molecular weight excluding hydrogens is 551 g/mol. The van der Waals surface area contributed by atoms with Crippen LogP contribution >= 0.6 is 38.5 Å². The van der Waals surface area contributed by atoms with E-state index >= 15 is 0 Å². The van der Waals surface area contributed by atoms with Gasteiger partial charge in [0.25, 0.3) is 0 Å². The predicted molar refractivity (Wildman–Crippen MR) is 128 cm³/mol. The fourth-order valence-electron chi connectivity index (χ4n) is 2.69. The Morgan fingerprint density at radius 1 is 1.48 bits per heavy atom. The van der Waals surface area contributed by atoms with Crippen molar-refractivity contribution in [2.24, 2.45) is 15.7 Å². The van der Waals surface area contributed by atoms with Crippen molar-refractivity contribution in [1.82, 2.24) is 5.32 Å². The average molecular weight is 575 g/mol. The third kappa shape index (κ3) is 7.23. The van der Waals surface area contributed by atoms with Crippen LogP contribution in [0.2, 0.25) is 0 Å². The summed E-state index contributed by atoms with van der Waals surface area (Å²) in [6.07, 6.45) is 5.24. The van der Waals surface area contributed by atoms with Gasteiger partial charge in [0.1, 0.15) is 11.9 Å². The van der Waals surface area contributed by atoms with E-state index in [-0.39, 0.29) is 19.4 Å². The van der Waals surface area contributed by atoms with Crippen LogP contribution < -0.4 is 11.1 Å². The van der Waals surface area contributed by atoms with Crippen LogP contribution in [0.15, 0.2) is 56.6 Å². The molecule has 5 N–H and O–H groups in total. The monoisotopic (exact) mass is 574 g/mol. The second-order valence-corrected chi connectivity index (χ2v) is 8.32. The van der Waals surface area contributed by atoms with Crippen molar-refractivity contribution >= 4 is 61.7 Å². The Balaban J connectivity index is 2.57. The molecule has 1 unspecified atom stereocenters. The van der Waals surface area contributed by atoms with Gasteiger partial charge in [0.05, 0.1) is 23.2 Å². The summed E-state index contributed by atoms with van der Waals surface area (Å²) in [7, 11) is 0. The second kappa shape index (κ2) is 11.5. The molecule has 0 saturated carbocycles. The Morgan fingerprint density at radius 3 is 2.90 bits per heavy atom. The summed E-state index contributed by atoms with van der Waals surface area (Å²) in [5, 5.41) is 21.9. The third-order valence-electron chi connectivity index (χ3n) is 4.04. The first-order valence-electron chi connectivity index (χ1n) is 9.10. The fraction of sp³-hybridized carbons (Fsp3) is 0.350. The molecular formula is C20H24BrIN4O3. The van der Waals surface area contributed by atoms with Gasteiger partial charge in [-0.2, -0.15) is 0 Å². The molecule has 7 nitrogen and oxygen atoms in total. The summed E-state index contributed by atoms with van der Waals surface area (Å²) in [6.45, 7) is 1.94. The molecule has 0 aliphatic carbocycles. The highest BCUT2D eigenvalue weighted by Crippen LogP contribution is 2.29. The Kier molecular flexibility index (Phi) is 9.31. The van der Waals surface area contributed by atoms with Crippen molar-refractivity contribution in [3.63, 3.8) is 0 Å². The summed E-state index contributed by atoms with van der Waals surface area (Å²) < 4.78 is 1.71. The van der Waals surface area contributed by atoms with Crippen LogP contribution in [-0.4, -0.2) is 50.8 Å². The van der Waals surface area contributed by atoms with Crippen LogP contribution in [0.4, 0.5) is 5.69 Å². The number of hydrogen-bond acceptors (Lipinski definition) is 6. The van der Waals surface area contributed by atoms with Gasteiger partial charge in [-0.25, -0.2) is 4.99 Å². The van der Waals surface area contributed by atoms with Crippen molar-refractivity contribution in [2.75, 3.05) is 11.0 Å². The number of carboxylic acids is 1. The van der Waals surface area contributed by atoms with E-state index in [4.69, 9.17) is 20.8 Å². The molecule has 1 aliphatic rings. The highest BCUT2D eigenvalue weighted by Gasteiger charge is 2.24. The van der Waals surface area contributed by atoms with Crippen molar-refractivity contribution in [3.8, 4) is 0 Å². The molecule has 1 aromatic rings. The fourth-order valence-corrected chi connectivity index (χ4v) is 3.34. The van der Waals surface area contributed by atoms with E-state index in [1.54, 1.807) is 13.0 Å². The van der Waals surface area contributed by atoms with Gasteiger partial charge >= 0.3 is 5.97 Å². The van der Waals surface area contributed by atoms with Crippen molar-refractivity contribution in [3.05, 3.63) is 52.2 Å². The first kappa shape index (κ1) is 23.6. The van der Waals surface area contributed by atoms with Gasteiger partial charge < -0.3 is 21.3 Å². The minimum Gasteiger partial charge on any atom is -0.481 e. The number of halogens is 2. The molecule has 0 spiro atoms. The van der Waals surface area contributed by atoms with Crippen LogP contribution in [0.1, 0.15) is 25.3 Å². The lowest BCUT2D eigenvalue weighted by Gasteiger charge is -2.17. The molecule has 1 aliphatic heterocycles. The first-order chi connectivity index (χ1) is 13.8. The van der Waals surface area contributed by atoms with Crippen molar-refractivity contribution in [2.45, 2.75) is 31.9 Å². The number of aliphatic hydroxyl groups excluding tert-OH is 1. The van der Waals surface area contributed by atoms with E-state index in [1.807, 2.05) is 30.4 Å². The number of aliphatic imine (C=N–C) groups is 2. The number of nitrogens with zero attached hydrogens (tertiary/aromatic N) is 2. The standard InChI is InChI=1S/C20H24BrIN4O3/c1-12(27)11-24-20-17(7-8-18(28)29)25-19(15(23)4-2-3-9-22)14-10-13(21)5-6-16(14)26-20/h2-6,10,12,17,27H,7-9,11,23H2,1H3,(H,24,26)(H,28,29)/b3-2-,15-4-/t12?,17-/m0/s1. The third-order valence-corrected chi connectivity index (χ3v) is 5.04. The second-order valence-electron chi connectivity index (χ2n) is 6.52. The lowest BCUT2D eigenvalue weighted by atomic mass is 10.0. The lowest BCUT2D eigenvalue weighted by molar-refractivity contribution is -0.137. The molecule has 1 aromatic carbocycles. The molecule has 2 rings (SSSR count). The quantitative estimate of drug-likeness (QED) is 0.216. The van der Waals surface area contributed by atoms with Crippen LogP contribution in [0, 0.1) is 0 Å². The maximum Gasteiger partial charge on any atom is 0.303 e. The molecule has 0 aromatic heterocycles. The Labute approximate surface area is 192 Å². The number of alkyl halides is 1. The number of benzene rings is 1. The molecule has 0 saturated heterocycles. The molecule has 1 heterocycles. The molecule has 0 radical (unpaired) electrons. The number of rotatable bonds is 8. The first-order valence-corrected chi connectivity index (χ1v) is 11.4. The van der Waals surface area contributed by atoms with E-state index in [9.17, 15) is 9.90 Å². The largest absolute Gasteiger partial charge is 0.481 e. The number of carboxylic acid groups (broad SMARTS) is 1. The number of aliphatic hydroxyl groups is 1. The normalized spacial score (nSPS) is 17.9.